The van der Waals surface area contributed by atoms with Crippen molar-refractivity contribution in [3.05, 3.63) is 47.5 Å². The molecule has 1 unspecified atom stereocenters. The maximum Gasteiger partial charge on any atom is 0.274 e. The molecule has 0 saturated carbocycles. The first-order valence-corrected chi connectivity index (χ1v) is 7.98. The van der Waals surface area contributed by atoms with E-state index in [0.29, 0.717) is 18.7 Å². The molecule has 1 aliphatic rings. The Hall–Kier alpha value is -2.24. The summed E-state index contributed by atoms with van der Waals surface area (Å²) in [4.78, 5) is 14.8. The van der Waals surface area contributed by atoms with E-state index in [4.69, 9.17) is 0 Å². The van der Waals surface area contributed by atoms with Crippen LogP contribution in [0.1, 0.15) is 42.7 Å². The Kier molecular flexibility index (Phi) is 4.15. The molecular weight excluding hydrogens is 295 g/mol. The number of nitrogens with zero attached hydrogens (tertiary/aromatic N) is 4. The van der Waals surface area contributed by atoms with Crippen molar-refractivity contribution < 1.29 is 9.18 Å². The summed E-state index contributed by atoms with van der Waals surface area (Å²) in [6, 6.07) is 6.52. The summed E-state index contributed by atoms with van der Waals surface area (Å²) in [5.74, 6) is -0.268. The van der Waals surface area contributed by atoms with E-state index in [1.54, 1.807) is 16.8 Å². The van der Waals surface area contributed by atoms with Crippen LogP contribution in [0.15, 0.2) is 30.5 Å². The molecule has 1 saturated heterocycles. The number of amides is 1. The van der Waals surface area contributed by atoms with Crippen molar-refractivity contribution in [2.24, 2.45) is 0 Å². The van der Waals surface area contributed by atoms with Gasteiger partial charge >= 0.3 is 0 Å². The first kappa shape index (κ1) is 15.6. The first-order valence-electron chi connectivity index (χ1n) is 7.98. The van der Waals surface area contributed by atoms with Gasteiger partial charge in [0, 0.05) is 18.6 Å². The Morgan fingerprint density at radius 1 is 1.35 bits per heavy atom. The van der Waals surface area contributed by atoms with Gasteiger partial charge in [0.2, 0.25) is 0 Å². The van der Waals surface area contributed by atoms with Gasteiger partial charge in [0.15, 0.2) is 0 Å². The largest absolute Gasteiger partial charge is 0.332 e. The summed E-state index contributed by atoms with van der Waals surface area (Å²) in [6.45, 7) is 5.38. The highest BCUT2D eigenvalue weighted by molar-refractivity contribution is 5.93. The predicted octanol–water partition coefficient (Wildman–Crippen LogP) is 2.67. The normalized spacial score (nSPS) is 20.9. The fourth-order valence-electron chi connectivity index (χ4n) is 3.39. The predicted molar refractivity (Wildman–Crippen MR) is 84.5 cm³/mol. The molecule has 2 aromatic rings. The molecular formula is C17H21FN4O. The first-order chi connectivity index (χ1) is 11.0. The number of likely N-dealkylation sites (tertiary alicyclic amines) is 1. The summed E-state index contributed by atoms with van der Waals surface area (Å²) < 4.78 is 14.7. The molecule has 122 valence electrons. The van der Waals surface area contributed by atoms with Crippen LogP contribution in [0.2, 0.25) is 0 Å². The fraction of sp³-hybridized carbons (Fsp3) is 0.471. The second-order valence-corrected chi connectivity index (χ2v) is 6.30. The van der Waals surface area contributed by atoms with Crippen LogP contribution in [0.3, 0.4) is 0 Å². The zero-order valence-corrected chi connectivity index (χ0v) is 13.5. The molecule has 1 aromatic carbocycles. The molecule has 23 heavy (non-hydrogen) atoms. The Labute approximate surface area is 135 Å². The number of benzene rings is 1. The van der Waals surface area contributed by atoms with E-state index in [1.165, 1.54) is 18.3 Å². The summed E-state index contributed by atoms with van der Waals surface area (Å²) in [6.07, 6.45) is 4.15. The lowest BCUT2D eigenvalue weighted by Crippen LogP contribution is -2.47. The maximum absolute atomic E-state index is 13.1. The number of hydrogen-bond acceptors (Lipinski definition) is 3. The average molecular weight is 316 g/mol. The standard InChI is InChI=1S/C17H21FN4O/c1-3-22-15(12-19-20-22)16(23)21-10-4-9-17(21,2)11-13-5-7-14(18)8-6-13/h5-8,12H,3-4,9-11H2,1-2H3. The highest BCUT2D eigenvalue weighted by Gasteiger charge is 2.40. The molecule has 0 aliphatic carbocycles. The van der Waals surface area contributed by atoms with Crippen LogP contribution < -0.4 is 0 Å². The van der Waals surface area contributed by atoms with Gasteiger partial charge in [0.1, 0.15) is 11.5 Å². The Bertz CT molecular complexity index is 697. The van der Waals surface area contributed by atoms with Gasteiger partial charge in [-0.05, 0) is 50.8 Å². The number of carbonyl (C=O) groups excluding carboxylic acids is 1. The van der Waals surface area contributed by atoms with Gasteiger partial charge in [0.05, 0.1) is 6.20 Å². The van der Waals surface area contributed by atoms with Gasteiger partial charge in [-0.3, -0.25) is 4.79 Å². The SMILES string of the molecule is CCn1nncc1C(=O)N1CCCC1(C)Cc1ccc(F)cc1. The third-order valence-corrected chi connectivity index (χ3v) is 4.63. The van der Waals surface area contributed by atoms with Crippen molar-refractivity contribution in [1.29, 1.82) is 0 Å². The van der Waals surface area contributed by atoms with E-state index in [0.717, 1.165) is 24.9 Å². The topological polar surface area (TPSA) is 51.0 Å². The van der Waals surface area contributed by atoms with Crippen LogP contribution in [0.4, 0.5) is 4.39 Å². The number of aryl methyl sites for hydroxylation is 1. The molecule has 1 atom stereocenters. The van der Waals surface area contributed by atoms with Crippen LogP contribution >= 0.6 is 0 Å². The number of hydrogen-bond donors (Lipinski definition) is 0. The number of aromatic nitrogens is 3. The second-order valence-electron chi connectivity index (χ2n) is 6.30. The smallest absolute Gasteiger partial charge is 0.274 e. The lowest BCUT2D eigenvalue weighted by atomic mass is 9.90. The third-order valence-electron chi connectivity index (χ3n) is 4.63. The van der Waals surface area contributed by atoms with E-state index in [2.05, 4.69) is 17.2 Å². The lowest BCUT2D eigenvalue weighted by Gasteiger charge is -2.35. The summed E-state index contributed by atoms with van der Waals surface area (Å²) in [5.41, 5.74) is 1.30. The van der Waals surface area contributed by atoms with Crippen molar-refractivity contribution in [1.82, 2.24) is 19.9 Å². The van der Waals surface area contributed by atoms with Crippen LogP contribution in [0, 0.1) is 5.82 Å². The van der Waals surface area contributed by atoms with Crippen molar-refractivity contribution in [3.8, 4) is 0 Å². The average Bonchev–Trinajstić information content (AvgIpc) is 3.15. The third kappa shape index (κ3) is 2.98. The lowest BCUT2D eigenvalue weighted by molar-refractivity contribution is 0.0611. The van der Waals surface area contributed by atoms with Crippen LogP contribution in [-0.2, 0) is 13.0 Å². The van der Waals surface area contributed by atoms with Gasteiger partial charge in [-0.25, -0.2) is 9.07 Å². The molecule has 6 heteroatoms. The van der Waals surface area contributed by atoms with Crippen LogP contribution in [0.25, 0.3) is 0 Å². The Balaban J connectivity index is 1.83. The maximum atomic E-state index is 13.1. The molecule has 1 amide bonds. The van der Waals surface area contributed by atoms with E-state index in [-0.39, 0.29) is 17.3 Å². The molecule has 0 N–H and O–H groups in total. The molecule has 0 bridgehead atoms. The van der Waals surface area contributed by atoms with Gasteiger partial charge in [-0.1, -0.05) is 17.3 Å². The van der Waals surface area contributed by atoms with Gasteiger partial charge in [-0.2, -0.15) is 0 Å². The van der Waals surface area contributed by atoms with Crippen molar-refractivity contribution in [3.63, 3.8) is 0 Å². The van der Waals surface area contributed by atoms with Crippen molar-refractivity contribution in [2.45, 2.75) is 45.2 Å². The van der Waals surface area contributed by atoms with Gasteiger partial charge < -0.3 is 4.90 Å². The summed E-state index contributed by atoms with van der Waals surface area (Å²) in [5, 5.41) is 7.80. The molecule has 1 aliphatic heterocycles. The number of halogens is 1. The molecule has 0 spiro atoms. The highest BCUT2D eigenvalue weighted by Crippen LogP contribution is 2.33. The minimum atomic E-state index is -0.266. The van der Waals surface area contributed by atoms with Crippen molar-refractivity contribution in [2.75, 3.05) is 6.54 Å². The van der Waals surface area contributed by atoms with Crippen LogP contribution in [0.5, 0.6) is 0 Å². The summed E-state index contributed by atoms with van der Waals surface area (Å²) >= 11 is 0. The van der Waals surface area contributed by atoms with E-state index < -0.39 is 0 Å². The fourth-order valence-corrected chi connectivity index (χ4v) is 3.39. The minimum absolute atomic E-state index is 0.0287. The Morgan fingerprint density at radius 3 is 2.78 bits per heavy atom. The Morgan fingerprint density at radius 2 is 2.09 bits per heavy atom. The molecule has 5 nitrogen and oxygen atoms in total. The molecule has 3 rings (SSSR count). The van der Waals surface area contributed by atoms with E-state index >= 15 is 0 Å². The monoisotopic (exact) mass is 316 g/mol. The zero-order valence-electron chi connectivity index (χ0n) is 13.5. The number of carbonyl (C=O) groups is 1. The van der Waals surface area contributed by atoms with Gasteiger partial charge in [-0.15, -0.1) is 5.10 Å². The highest BCUT2D eigenvalue weighted by atomic mass is 19.1. The molecule has 2 heterocycles. The number of rotatable bonds is 4. The second kappa shape index (κ2) is 6.10. The molecule has 1 fully saturated rings. The molecule has 1 aromatic heterocycles. The molecule has 0 radical (unpaired) electrons. The van der Waals surface area contributed by atoms with E-state index in [9.17, 15) is 9.18 Å². The van der Waals surface area contributed by atoms with Gasteiger partial charge in [0.25, 0.3) is 5.91 Å². The van der Waals surface area contributed by atoms with Crippen LogP contribution in [-0.4, -0.2) is 37.9 Å². The summed E-state index contributed by atoms with van der Waals surface area (Å²) in [7, 11) is 0. The van der Waals surface area contributed by atoms with Crippen molar-refractivity contribution >= 4 is 5.91 Å². The zero-order chi connectivity index (χ0) is 16.4. The minimum Gasteiger partial charge on any atom is -0.332 e. The quantitative estimate of drug-likeness (QED) is 0.871. The van der Waals surface area contributed by atoms with E-state index in [1.807, 2.05) is 11.8 Å².